The zero-order valence-electron chi connectivity index (χ0n) is 78.6. The number of aromatic amines is 2. The van der Waals surface area contributed by atoms with Crippen LogP contribution in [-0.4, -0.2) is 317 Å². The first kappa shape index (κ1) is 115. The predicted octanol–water partition coefficient (Wildman–Crippen LogP) is -6.67. The number of aliphatic carboxylic acids is 4. The van der Waals surface area contributed by atoms with Gasteiger partial charge in [0.1, 0.15) is 96.4 Å². The molecule has 3 aromatic carbocycles. The quantitative estimate of drug-likeness (QED) is 0.0161. The molecule has 3 heterocycles. The van der Waals surface area contributed by atoms with E-state index in [4.69, 9.17) is 28.7 Å². The summed E-state index contributed by atoms with van der Waals surface area (Å²) in [4.78, 5) is 285. The molecule has 141 heavy (non-hydrogen) atoms. The van der Waals surface area contributed by atoms with Gasteiger partial charge in [-0.05, 0) is 149 Å². The van der Waals surface area contributed by atoms with Gasteiger partial charge in [-0.2, -0.15) is 0 Å². The minimum Gasteiger partial charge on any atom is -0.508 e. The molecule has 0 bridgehead atoms. The third-order valence-corrected chi connectivity index (χ3v) is 23.4. The van der Waals surface area contributed by atoms with Crippen LogP contribution in [0.1, 0.15) is 154 Å². The van der Waals surface area contributed by atoms with Gasteiger partial charge in [0.05, 0.1) is 51.5 Å². The molecule has 1 saturated heterocycles. The average molecular weight is 1980 g/mol. The first-order chi connectivity index (χ1) is 67.0. The lowest BCUT2D eigenvalue weighted by atomic mass is 9.96. The summed E-state index contributed by atoms with van der Waals surface area (Å²) in [6.45, 7) is 3.35. The number of carboxylic acids is 4. The summed E-state index contributed by atoms with van der Waals surface area (Å²) >= 11 is 0. The summed E-state index contributed by atoms with van der Waals surface area (Å²) < 4.78 is 0. The molecule has 0 saturated carbocycles. The van der Waals surface area contributed by atoms with Crippen LogP contribution in [0.4, 0.5) is 0 Å². The number of aromatic nitrogens is 2. The smallest absolute Gasteiger partial charge is 0.328 e. The SMILES string of the molecule is CC[C@H](C)[C@H](NC(=O)[C@@H](N)CC(=O)O)C(=O)N[C@@H](Cc1c[nH]c2ccccc12)C(=O)N[C@@H](Cc1c[nH]c2ccccc12)C(=O)N[C@@H](CC(=O)O)C(=O)N[C@@H](CC(=O)O)C(=O)N[C@@H](CCCCN)C(=O)N[C@@H](CCCCN)C(=O)N[C@@H](CO)C(=O)N[C@@H](Cc1ccc(O)cc1)C(=O)N[C@@H](CC(N)=O)C(=O)N1CCC[C@H]1C(=O)N[C@@H](CO)C(=O)N[C@@H](CC(C)C)C(=O)N[C@@H](CCCCN)C(=O)N[C@@H](CO)C(=O)O. The first-order valence-corrected chi connectivity index (χ1v) is 46.3. The highest BCUT2D eigenvalue weighted by Gasteiger charge is 2.44. The second kappa shape index (κ2) is 57.9. The fourth-order valence-electron chi connectivity index (χ4n) is 15.5. The van der Waals surface area contributed by atoms with Gasteiger partial charge in [-0.3, -0.25) is 91.1 Å². The molecule has 50 heteroatoms. The molecule has 1 aliphatic heterocycles. The zero-order valence-corrected chi connectivity index (χ0v) is 78.6. The van der Waals surface area contributed by atoms with Gasteiger partial charge in [-0.25, -0.2) is 4.79 Å². The number of hydrogen-bond acceptors (Lipinski definition) is 28. The van der Waals surface area contributed by atoms with Crippen molar-refractivity contribution in [1.29, 1.82) is 0 Å². The van der Waals surface area contributed by atoms with E-state index in [0.29, 0.717) is 39.4 Å². The van der Waals surface area contributed by atoms with E-state index in [1.54, 1.807) is 82.4 Å². The summed E-state index contributed by atoms with van der Waals surface area (Å²) in [5.74, 6) is -26.2. The molecule has 50 nitrogen and oxygen atoms in total. The number of amides is 16. The van der Waals surface area contributed by atoms with Gasteiger partial charge in [-0.1, -0.05) is 82.6 Å². The molecule has 16 amide bonds. The Morgan fingerprint density at radius 1 is 0.404 bits per heavy atom. The van der Waals surface area contributed by atoms with Crippen molar-refractivity contribution in [3.05, 3.63) is 102 Å². The standard InChI is InChI=1S/C91H132N22O28/c1-5-47(4)75(112-76(125)54(95)37-72(119)120)89(138)107-63(36-50-42-98-56-20-9-7-18-53(50)56)83(132)104-62(35-49-41-97-55-19-8-6-17-52(49)55)82(131)105-65(40-74(123)124)85(134)106-64(39-73(121)122)84(133)101-57(21-10-13-29-92)77(126)99-58(22-11-14-30-93)78(127)109-67(43-114)86(135)103-61(34-48-25-27-51(117)28-26-48)81(130)108-66(38-71(96)118)90(139)113-32-16-24-70(113)88(137)110-68(44-115)87(136)102-60(33-46(2)3)80(129)100-59(23-12-15-31-94)79(128)111-69(45-116)91(140)141/h6-9,17-20,25-28,41-42,46-47,54,57-70,75,97-98,114-117H,5,10-16,21-24,29-40,43-45,92-95H2,1-4H3,(H2,96,118)(H,99,126)(H,100,129)(H,101,133)(H,102,136)(H,103,135)(H,104,132)(H,105,131)(H,106,134)(H,107,138)(H,108,130)(H,109,127)(H,110,137)(H,111,128)(H,112,125)(H,119,120)(H,121,122)(H,123,124)(H,140,141)/t47-,54-,57-,58-,59-,60-,61-,62-,63-,64-,65-,66-,67-,68-,69-,70-,75-/m0/s1. The van der Waals surface area contributed by atoms with Crippen molar-refractivity contribution in [3.63, 3.8) is 0 Å². The van der Waals surface area contributed by atoms with E-state index in [1.807, 2.05) is 0 Å². The van der Waals surface area contributed by atoms with Crippen molar-refractivity contribution in [2.45, 2.75) is 253 Å². The van der Waals surface area contributed by atoms with Gasteiger partial charge in [0.15, 0.2) is 0 Å². The monoisotopic (exact) mass is 1980 g/mol. The highest BCUT2D eigenvalue weighted by atomic mass is 16.4. The number of carboxylic acid groups (broad SMARTS) is 4. The van der Waals surface area contributed by atoms with Gasteiger partial charge in [0.2, 0.25) is 94.5 Å². The summed E-state index contributed by atoms with van der Waals surface area (Å²) in [7, 11) is 0. The van der Waals surface area contributed by atoms with Crippen LogP contribution in [-0.2, 0) is 115 Å². The molecule has 0 unspecified atom stereocenters. The topological polar surface area (TPSA) is 837 Å². The number of H-pyrrole nitrogens is 2. The van der Waals surface area contributed by atoms with Crippen molar-refractivity contribution in [1.82, 2.24) is 89.3 Å². The van der Waals surface area contributed by atoms with E-state index in [-0.39, 0.29) is 127 Å². The van der Waals surface area contributed by atoms with Crippen molar-refractivity contribution < 1.29 is 137 Å². The van der Waals surface area contributed by atoms with Crippen LogP contribution in [0.15, 0.2) is 85.2 Å². The number of unbranched alkanes of at least 4 members (excludes halogenated alkanes) is 3. The van der Waals surface area contributed by atoms with Crippen molar-refractivity contribution in [2.75, 3.05) is 46.0 Å². The maximum atomic E-state index is 15.1. The molecule has 0 spiro atoms. The number of para-hydroxylation sites is 2. The number of phenols is 1. The Bertz CT molecular complexity index is 5170. The first-order valence-electron chi connectivity index (χ1n) is 46.3. The number of nitrogens with zero attached hydrogens (tertiary/aromatic N) is 1. The number of benzene rings is 3. The van der Waals surface area contributed by atoms with Crippen LogP contribution < -0.4 is 103 Å². The number of carbonyl (C=O) groups is 20. The number of carbonyl (C=O) groups excluding carboxylic acids is 16. The molecule has 2 aromatic heterocycles. The second-order valence-electron chi connectivity index (χ2n) is 34.8. The molecular formula is C91H132N22O28. The molecule has 774 valence electrons. The number of nitrogens with one attached hydrogen (secondary N) is 16. The molecule has 6 rings (SSSR count). The number of primary amides is 1. The minimum atomic E-state index is -2.22. The highest BCUT2D eigenvalue weighted by Crippen LogP contribution is 2.25. The molecular weight excluding hydrogens is 1850 g/mol. The number of nitrogens with two attached hydrogens (primary N) is 5. The lowest BCUT2D eigenvalue weighted by Crippen LogP contribution is -2.62. The maximum Gasteiger partial charge on any atom is 0.328 e. The van der Waals surface area contributed by atoms with E-state index in [0.717, 1.165) is 4.90 Å². The van der Waals surface area contributed by atoms with E-state index >= 15 is 9.59 Å². The van der Waals surface area contributed by atoms with Crippen LogP contribution in [0.2, 0.25) is 0 Å². The molecule has 1 aliphatic rings. The Balaban J connectivity index is 1.22. The van der Waals surface area contributed by atoms with E-state index in [9.17, 15) is 127 Å². The van der Waals surface area contributed by atoms with E-state index < -0.39 is 279 Å². The summed E-state index contributed by atoms with van der Waals surface area (Å²) in [6, 6.07) is -9.38. The molecule has 0 radical (unpaired) electrons. The number of aromatic hydroxyl groups is 1. The van der Waals surface area contributed by atoms with Crippen molar-refractivity contribution in [3.8, 4) is 5.75 Å². The molecule has 17 atom stereocenters. The number of likely N-dealkylation sites (tertiary alicyclic amines) is 1. The lowest BCUT2D eigenvalue weighted by molar-refractivity contribution is -0.144. The van der Waals surface area contributed by atoms with Crippen molar-refractivity contribution >= 4 is 140 Å². The predicted molar refractivity (Wildman–Crippen MR) is 503 cm³/mol. The Labute approximate surface area is 809 Å². The Kier molecular flexibility index (Phi) is 47.4. The van der Waals surface area contributed by atoms with Gasteiger partial charge in [0.25, 0.3) is 0 Å². The normalized spacial score (nSPS) is 15.8. The Morgan fingerprint density at radius 3 is 1.18 bits per heavy atom. The minimum absolute atomic E-state index is 0.0182. The number of rotatable bonds is 63. The molecule has 5 aromatic rings. The fraction of sp³-hybridized carbons (Fsp3) is 0.538. The number of hydrogen-bond donors (Lipinski definition) is 29. The molecule has 0 aliphatic carbocycles. The van der Waals surface area contributed by atoms with E-state index in [1.165, 1.54) is 30.5 Å². The Morgan fingerprint density at radius 2 is 0.766 bits per heavy atom. The number of fused-ring (bicyclic) bond motifs is 2. The van der Waals surface area contributed by atoms with Crippen LogP contribution in [0.5, 0.6) is 5.75 Å². The fourth-order valence-corrected chi connectivity index (χ4v) is 15.5. The number of aliphatic hydroxyl groups is 3. The largest absolute Gasteiger partial charge is 0.508 e. The van der Waals surface area contributed by atoms with Crippen LogP contribution >= 0.6 is 0 Å². The van der Waals surface area contributed by atoms with Gasteiger partial charge in [0, 0.05) is 60.0 Å². The zero-order chi connectivity index (χ0) is 104. The summed E-state index contributed by atoms with van der Waals surface area (Å²) in [5.41, 5.74) is 31.0. The number of phenolic OH excluding ortho intramolecular Hbond substituents is 1. The molecule has 34 N–H and O–H groups in total. The summed E-state index contributed by atoms with van der Waals surface area (Å²) in [6.07, 6.45) is -1.86. The van der Waals surface area contributed by atoms with Gasteiger partial charge < -0.3 is 159 Å². The van der Waals surface area contributed by atoms with Crippen LogP contribution in [0.25, 0.3) is 21.8 Å². The Hall–Kier alpha value is -14.3. The third-order valence-electron chi connectivity index (χ3n) is 23.4. The maximum absolute atomic E-state index is 15.1. The number of aliphatic hydroxyl groups excluding tert-OH is 3. The van der Waals surface area contributed by atoms with Crippen LogP contribution in [0.3, 0.4) is 0 Å². The molecule has 1 fully saturated rings. The average Bonchev–Trinajstić information content (AvgIpc) is 1.69. The van der Waals surface area contributed by atoms with Gasteiger partial charge >= 0.3 is 23.9 Å². The van der Waals surface area contributed by atoms with E-state index in [2.05, 4.69) is 84.4 Å². The second-order valence-corrected chi connectivity index (χ2v) is 34.8. The van der Waals surface area contributed by atoms with Crippen molar-refractivity contribution in [2.24, 2.45) is 40.5 Å². The lowest BCUT2D eigenvalue weighted by Gasteiger charge is -2.31. The van der Waals surface area contributed by atoms with Crippen LogP contribution in [0, 0.1) is 11.8 Å². The van der Waals surface area contributed by atoms with Gasteiger partial charge in [-0.15, -0.1) is 0 Å². The summed E-state index contributed by atoms with van der Waals surface area (Å²) in [5, 5.41) is 115. The third kappa shape index (κ3) is 36.8. The highest BCUT2D eigenvalue weighted by molar-refractivity contribution is 6.03.